The lowest BCUT2D eigenvalue weighted by Crippen LogP contribution is -1.99. The summed E-state index contributed by atoms with van der Waals surface area (Å²) in [6, 6.07) is 4.17. The van der Waals surface area contributed by atoms with Gasteiger partial charge in [-0.05, 0) is 34.1 Å². The molecule has 1 aromatic rings. The van der Waals surface area contributed by atoms with E-state index in [1.165, 1.54) is 18.2 Å². The predicted octanol–water partition coefficient (Wildman–Crippen LogP) is 3.40. The van der Waals surface area contributed by atoms with E-state index in [1.807, 2.05) is 0 Å². The minimum Gasteiger partial charge on any atom is -0.294 e. The molecule has 0 atom stereocenters. The maximum absolute atomic E-state index is 12.8. The van der Waals surface area contributed by atoms with Gasteiger partial charge in [0.05, 0.1) is 4.47 Å². The van der Waals surface area contributed by atoms with Crippen molar-refractivity contribution in [2.75, 3.05) is 5.88 Å². The number of Topliss-reactive ketones (excluding diaryl/α,β-unsaturated/α-hetero) is 1. The van der Waals surface area contributed by atoms with Crippen LogP contribution in [0.4, 0.5) is 4.39 Å². The lowest BCUT2D eigenvalue weighted by atomic mass is 10.1. The summed E-state index contributed by atoms with van der Waals surface area (Å²) < 4.78 is 13.1. The Kier molecular flexibility index (Phi) is 3.88. The summed E-state index contributed by atoms with van der Waals surface area (Å²) >= 11 is 8.42. The number of carbonyl (C=O) groups is 1. The highest BCUT2D eigenvalue weighted by molar-refractivity contribution is 9.10. The smallest absolute Gasteiger partial charge is 0.164 e. The van der Waals surface area contributed by atoms with Crippen LogP contribution >= 0.6 is 27.5 Å². The highest BCUT2D eigenvalue weighted by Crippen LogP contribution is 2.17. The molecule has 0 aliphatic rings. The third-order valence-corrected chi connectivity index (χ3v) is 2.36. The predicted molar refractivity (Wildman–Crippen MR) is 53.8 cm³/mol. The van der Waals surface area contributed by atoms with Crippen molar-refractivity contribution in [1.29, 1.82) is 0 Å². The van der Waals surface area contributed by atoms with Gasteiger partial charge in [0, 0.05) is 17.9 Å². The summed E-state index contributed by atoms with van der Waals surface area (Å²) in [5.74, 6) is -0.161. The molecule has 1 aromatic carbocycles. The van der Waals surface area contributed by atoms with Gasteiger partial charge in [-0.25, -0.2) is 4.39 Å². The van der Waals surface area contributed by atoms with Crippen molar-refractivity contribution >= 4 is 33.3 Å². The summed E-state index contributed by atoms with van der Waals surface area (Å²) in [7, 11) is 0. The molecule has 70 valence electrons. The summed E-state index contributed by atoms with van der Waals surface area (Å²) in [4.78, 5) is 11.3. The zero-order chi connectivity index (χ0) is 9.84. The fourth-order valence-corrected chi connectivity index (χ4v) is 1.45. The maximum atomic E-state index is 12.8. The van der Waals surface area contributed by atoms with E-state index in [4.69, 9.17) is 11.6 Å². The van der Waals surface area contributed by atoms with Crippen molar-refractivity contribution in [1.82, 2.24) is 0 Å². The van der Waals surface area contributed by atoms with Crippen LogP contribution in [0.15, 0.2) is 22.7 Å². The second-order valence-corrected chi connectivity index (χ2v) is 3.72. The third kappa shape index (κ3) is 2.78. The summed E-state index contributed by atoms with van der Waals surface area (Å²) in [6.45, 7) is 0. The third-order valence-electron chi connectivity index (χ3n) is 1.56. The highest BCUT2D eigenvalue weighted by Gasteiger charge is 2.07. The van der Waals surface area contributed by atoms with E-state index in [0.29, 0.717) is 10.0 Å². The molecule has 0 saturated heterocycles. The van der Waals surface area contributed by atoms with E-state index in [1.54, 1.807) is 0 Å². The molecule has 0 aliphatic carbocycles. The number of halogens is 3. The maximum Gasteiger partial charge on any atom is 0.164 e. The molecule has 0 spiro atoms. The van der Waals surface area contributed by atoms with Crippen LogP contribution < -0.4 is 0 Å². The van der Waals surface area contributed by atoms with E-state index in [2.05, 4.69) is 15.9 Å². The summed E-state index contributed by atoms with van der Waals surface area (Å²) in [5, 5.41) is 0. The van der Waals surface area contributed by atoms with Gasteiger partial charge < -0.3 is 0 Å². The van der Waals surface area contributed by atoms with Crippen LogP contribution in [0.2, 0.25) is 0 Å². The molecule has 0 aromatic heterocycles. The molecular formula is C9H7BrClFO. The van der Waals surface area contributed by atoms with Gasteiger partial charge in [-0.2, -0.15) is 0 Å². The fourth-order valence-electron chi connectivity index (χ4n) is 0.900. The minimum atomic E-state index is -0.373. The molecule has 13 heavy (non-hydrogen) atoms. The number of carbonyl (C=O) groups excluding carboxylic acids is 1. The van der Waals surface area contributed by atoms with Gasteiger partial charge in [0.2, 0.25) is 0 Å². The normalized spacial score (nSPS) is 10.1. The standard InChI is InChI=1S/C9H7BrClFO/c10-7-5-6(1-2-8(7)12)9(13)3-4-11/h1-2,5H,3-4H2. The number of alkyl halides is 1. The number of hydrogen-bond acceptors (Lipinski definition) is 1. The Balaban J connectivity index is 2.90. The molecule has 0 bridgehead atoms. The Hall–Kier alpha value is -0.410. The molecule has 0 saturated carbocycles. The Morgan fingerprint density at radius 3 is 2.77 bits per heavy atom. The Bertz CT molecular complexity index is 327. The van der Waals surface area contributed by atoms with E-state index in [-0.39, 0.29) is 23.9 Å². The zero-order valence-electron chi connectivity index (χ0n) is 6.69. The SMILES string of the molecule is O=C(CCCl)c1ccc(F)c(Br)c1. The molecule has 0 N–H and O–H groups in total. The Morgan fingerprint density at radius 1 is 1.54 bits per heavy atom. The van der Waals surface area contributed by atoms with E-state index in [9.17, 15) is 9.18 Å². The average molecular weight is 266 g/mol. The van der Waals surface area contributed by atoms with Crippen LogP contribution in [0.5, 0.6) is 0 Å². The van der Waals surface area contributed by atoms with Crippen LogP contribution in [-0.4, -0.2) is 11.7 Å². The topological polar surface area (TPSA) is 17.1 Å². The fraction of sp³-hybridized carbons (Fsp3) is 0.222. The number of benzene rings is 1. The Morgan fingerprint density at radius 2 is 2.23 bits per heavy atom. The van der Waals surface area contributed by atoms with Crippen LogP contribution in [-0.2, 0) is 0 Å². The van der Waals surface area contributed by atoms with Crippen molar-refractivity contribution in [2.24, 2.45) is 0 Å². The number of rotatable bonds is 3. The van der Waals surface area contributed by atoms with Crippen molar-refractivity contribution in [3.63, 3.8) is 0 Å². The van der Waals surface area contributed by atoms with Crippen molar-refractivity contribution in [3.05, 3.63) is 34.1 Å². The van der Waals surface area contributed by atoms with Crippen LogP contribution in [0.25, 0.3) is 0 Å². The van der Waals surface area contributed by atoms with Gasteiger partial charge in [0.25, 0.3) is 0 Å². The quantitative estimate of drug-likeness (QED) is 0.605. The highest BCUT2D eigenvalue weighted by atomic mass is 79.9. The van der Waals surface area contributed by atoms with E-state index in [0.717, 1.165) is 0 Å². The molecule has 4 heteroatoms. The van der Waals surface area contributed by atoms with Gasteiger partial charge in [0.1, 0.15) is 5.82 Å². The van der Waals surface area contributed by atoms with Crippen molar-refractivity contribution in [3.8, 4) is 0 Å². The van der Waals surface area contributed by atoms with Gasteiger partial charge in [0.15, 0.2) is 5.78 Å². The van der Waals surface area contributed by atoms with Crippen molar-refractivity contribution in [2.45, 2.75) is 6.42 Å². The molecule has 0 heterocycles. The molecule has 0 fully saturated rings. The summed E-state index contributed by atoms with van der Waals surface area (Å²) in [5.41, 5.74) is 0.480. The van der Waals surface area contributed by atoms with Gasteiger partial charge in [-0.3, -0.25) is 4.79 Å². The minimum absolute atomic E-state index is 0.0734. The molecule has 1 rings (SSSR count). The monoisotopic (exact) mass is 264 g/mol. The molecule has 0 unspecified atom stereocenters. The van der Waals surface area contributed by atoms with Crippen LogP contribution in [0, 0.1) is 5.82 Å². The molecule has 1 nitrogen and oxygen atoms in total. The van der Waals surface area contributed by atoms with Crippen LogP contribution in [0.3, 0.4) is 0 Å². The number of ketones is 1. The van der Waals surface area contributed by atoms with Gasteiger partial charge in [-0.15, -0.1) is 11.6 Å². The zero-order valence-corrected chi connectivity index (χ0v) is 9.03. The van der Waals surface area contributed by atoms with Gasteiger partial charge in [-0.1, -0.05) is 0 Å². The largest absolute Gasteiger partial charge is 0.294 e. The van der Waals surface area contributed by atoms with Crippen molar-refractivity contribution < 1.29 is 9.18 Å². The summed E-state index contributed by atoms with van der Waals surface area (Å²) in [6.07, 6.45) is 0.277. The van der Waals surface area contributed by atoms with Crippen LogP contribution in [0.1, 0.15) is 16.8 Å². The molecular weight excluding hydrogens is 258 g/mol. The lowest BCUT2D eigenvalue weighted by Gasteiger charge is -1.99. The lowest BCUT2D eigenvalue weighted by molar-refractivity contribution is 0.0989. The molecule has 0 radical (unpaired) electrons. The second kappa shape index (κ2) is 4.72. The molecule has 0 amide bonds. The average Bonchev–Trinajstić information content (AvgIpc) is 2.10. The molecule has 0 aliphatic heterocycles. The first-order valence-corrected chi connectivity index (χ1v) is 5.02. The first kappa shape index (κ1) is 10.7. The first-order chi connectivity index (χ1) is 6.15. The van der Waals surface area contributed by atoms with E-state index >= 15 is 0 Å². The van der Waals surface area contributed by atoms with Gasteiger partial charge >= 0.3 is 0 Å². The Labute approximate surface area is 89.0 Å². The first-order valence-electron chi connectivity index (χ1n) is 3.69. The number of hydrogen-bond donors (Lipinski definition) is 0. The van der Waals surface area contributed by atoms with E-state index < -0.39 is 0 Å². The second-order valence-electron chi connectivity index (χ2n) is 2.49.